The third-order valence-electron chi connectivity index (χ3n) is 7.27. The van der Waals surface area contributed by atoms with Gasteiger partial charge < -0.3 is 5.11 Å². The zero-order valence-electron chi connectivity index (χ0n) is 24.7. The Morgan fingerprint density at radius 2 is 1.68 bits per heavy atom. The zero-order valence-corrected chi connectivity index (χ0v) is 28.8. The summed E-state index contributed by atoms with van der Waals surface area (Å²) in [4.78, 5) is 18.6. The molecule has 0 aliphatic rings. The number of ketones is 1. The Balaban J connectivity index is 0.000000307. The van der Waals surface area contributed by atoms with E-state index < -0.39 is 0 Å². The molecule has 1 radical (unpaired) electrons. The molecule has 0 aliphatic heterocycles. The number of benzene rings is 2. The molecular weight excluding hydrogens is 742 g/mol. The van der Waals surface area contributed by atoms with Crippen LogP contribution in [-0.4, -0.2) is 30.4 Å². The van der Waals surface area contributed by atoms with Gasteiger partial charge in [0, 0.05) is 37.0 Å². The van der Waals surface area contributed by atoms with Crippen molar-refractivity contribution in [2.75, 3.05) is 0 Å². The second-order valence-electron chi connectivity index (χ2n) is 11.2. The third kappa shape index (κ3) is 8.51. The van der Waals surface area contributed by atoms with Gasteiger partial charge in [0.2, 0.25) is 0 Å². The van der Waals surface area contributed by atoms with Crippen molar-refractivity contribution in [1.29, 1.82) is 0 Å². The van der Waals surface area contributed by atoms with E-state index in [0.717, 1.165) is 24.2 Å². The van der Waals surface area contributed by atoms with Crippen LogP contribution >= 0.6 is 0 Å². The predicted octanol–water partition coefficient (Wildman–Crippen LogP) is 9.04. The number of hydrogen-bond acceptors (Lipinski definition) is 4. The Labute approximate surface area is 259 Å². The number of aromatic nitrogens is 1. The first-order chi connectivity index (χ1) is 18.4. The minimum absolute atomic E-state index is 0. The van der Waals surface area contributed by atoms with E-state index in [0.29, 0.717) is 5.88 Å². The van der Waals surface area contributed by atoms with Crippen LogP contribution in [0.15, 0.2) is 71.5 Å². The van der Waals surface area contributed by atoms with E-state index >= 15 is 0 Å². The molecule has 0 aliphatic carbocycles. The molecule has 215 valence electrons. The standard InChI is InChI=1S/C21H16NOSe.C13H24O2.Ir/c1-14-10-15(2)12-17(11-14)23-21-20-18(8-9-22-21)19(13-24-20)16-6-4-3-5-7-16;1-7-12(3,4)10(14)9-11(15)13(5,6)8-2;/h3-11,13H,1-2H3;9,14H,7-8H2,1-6H3;/q-1;;/b;10-9-;. The number of hydrogen-bond donors (Lipinski definition) is 1. The number of allylic oxidation sites excluding steroid dienone is 2. The smallest absolute Gasteiger partial charge is 0 e. The van der Waals surface area contributed by atoms with Crippen molar-refractivity contribution in [2.45, 2.75) is 68.2 Å². The summed E-state index contributed by atoms with van der Waals surface area (Å²) in [6.45, 7) is 15.7. The van der Waals surface area contributed by atoms with Crippen LogP contribution in [0.5, 0.6) is 11.6 Å². The normalized spacial score (nSPS) is 11.8. The van der Waals surface area contributed by atoms with Crippen molar-refractivity contribution in [1.82, 2.24) is 4.98 Å². The third-order valence-corrected chi connectivity index (χ3v) is 9.33. The fraction of sp³-hybridized carbons (Fsp3) is 0.353. The van der Waals surface area contributed by atoms with Gasteiger partial charge in [0.1, 0.15) is 5.76 Å². The van der Waals surface area contributed by atoms with Crippen LogP contribution < -0.4 is 4.74 Å². The van der Waals surface area contributed by atoms with E-state index in [1.165, 1.54) is 32.4 Å². The molecule has 0 saturated heterocycles. The number of carbonyl (C=O) groups is 1. The molecule has 4 aromatic rings. The first kappa shape index (κ1) is 33.7. The van der Waals surface area contributed by atoms with Gasteiger partial charge in [-0.25, -0.2) is 0 Å². The van der Waals surface area contributed by atoms with E-state index in [4.69, 9.17) is 4.74 Å². The topological polar surface area (TPSA) is 59.4 Å². The predicted molar refractivity (Wildman–Crippen MR) is 163 cm³/mol. The second-order valence-corrected chi connectivity index (χ2v) is 13.0. The van der Waals surface area contributed by atoms with Gasteiger partial charge in [-0.1, -0.05) is 41.5 Å². The molecule has 40 heavy (non-hydrogen) atoms. The Morgan fingerprint density at radius 3 is 2.27 bits per heavy atom. The van der Waals surface area contributed by atoms with Crippen molar-refractivity contribution < 1.29 is 34.7 Å². The number of rotatable bonds is 8. The van der Waals surface area contributed by atoms with Gasteiger partial charge in [-0.3, -0.25) is 4.79 Å². The number of pyridine rings is 1. The monoisotopic (exact) mass is 783 g/mol. The molecule has 2 heterocycles. The maximum Gasteiger partial charge on any atom is 0 e. The van der Waals surface area contributed by atoms with Crippen LogP contribution in [0.1, 0.15) is 65.5 Å². The fourth-order valence-electron chi connectivity index (χ4n) is 3.74. The first-order valence-electron chi connectivity index (χ1n) is 13.4. The molecule has 0 atom stereocenters. The van der Waals surface area contributed by atoms with Gasteiger partial charge in [-0.05, 0) is 12.8 Å². The van der Waals surface area contributed by atoms with Gasteiger partial charge in [0.25, 0.3) is 0 Å². The minimum atomic E-state index is -0.377. The van der Waals surface area contributed by atoms with Crippen molar-refractivity contribution >= 4 is 29.9 Å². The summed E-state index contributed by atoms with van der Waals surface area (Å²) in [7, 11) is 0. The van der Waals surface area contributed by atoms with Crippen LogP contribution in [0.4, 0.5) is 0 Å². The molecule has 1 N–H and O–H groups in total. The average molecular weight is 782 g/mol. The Hall–Kier alpha value is -2.49. The van der Waals surface area contributed by atoms with Gasteiger partial charge in [0.15, 0.2) is 5.78 Å². The van der Waals surface area contributed by atoms with Crippen LogP contribution in [0, 0.1) is 30.7 Å². The average Bonchev–Trinajstić information content (AvgIpc) is 3.34. The van der Waals surface area contributed by atoms with E-state index in [9.17, 15) is 9.90 Å². The Bertz CT molecular complexity index is 1430. The molecule has 0 unspecified atom stereocenters. The minimum Gasteiger partial charge on any atom is 0 e. The second kappa shape index (κ2) is 14.4. The van der Waals surface area contributed by atoms with E-state index in [1.54, 1.807) is 0 Å². The largest absolute Gasteiger partial charge is 0 e. The fourth-order valence-corrected chi connectivity index (χ4v) is 5.83. The summed E-state index contributed by atoms with van der Waals surface area (Å²) >= 11 is 0.225. The maximum atomic E-state index is 11.8. The van der Waals surface area contributed by atoms with Crippen molar-refractivity contribution in [3.63, 3.8) is 0 Å². The number of aryl methyl sites for hydroxylation is 2. The van der Waals surface area contributed by atoms with Gasteiger partial charge in [-0.15, -0.1) is 0 Å². The molecular formula is C34H40IrNO3Se-. The van der Waals surface area contributed by atoms with E-state index in [2.05, 4.69) is 59.3 Å². The number of ether oxygens (including phenoxy) is 1. The molecule has 2 aromatic carbocycles. The maximum absolute atomic E-state index is 11.8. The van der Waals surface area contributed by atoms with Crippen molar-refractivity contribution in [2.24, 2.45) is 10.8 Å². The van der Waals surface area contributed by atoms with Gasteiger partial charge in [-0.2, -0.15) is 0 Å². The molecule has 4 rings (SSSR count). The van der Waals surface area contributed by atoms with Crippen LogP contribution in [0.3, 0.4) is 0 Å². The molecule has 6 heteroatoms. The quantitative estimate of drug-likeness (QED) is 0.0840. The summed E-state index contributed by atoms with van der Waals surface area (Å²) < 4.78 is 7.29. The number of aliphatic hydroxyl groups is 1. The molecule has 4 nitrogen and oxygen atoms in total. The molecule has 0 bridgehead atoms. The number of nitrogens with zero attached hydrogens (tertiary/aromatic N) is 1. The van der Waals surface area contributed by atoms with Crippen LogP contribution in [0.2, 0.25) is 0 Å². The zero-order chi connectivity index (χ0) is 28.8. The summed E-state index contributed by atoms with van der Waals surface area (Å²) in [6, 6.07) is 19.9. The van der Waals surface area contributed by atoms with Crippen molar-refractivity contribution in [3.05, 3.63) is 88.7 Å². The molecule has 0 amide bonds. The van der Waals surface area contributed by atoms with Crippen LogP contribution in [0.25, 0.3) is 20.8 Å². The number of fused-ring (bicyclic) bond motifs is 1. The first-order valence-corrected chi connectivity index (χ1v) is 15.3. The van der Waals surface area contributed by atoms with Crippen molar-refractivity contribution in [3.8, 4) is 22.8 Å². The van der Waals surface area contributed by atoms with Crippen LogP contribution in [-0.2, 0) is 24.9 Å². The van der Waals surface area contributed by atoms with E-state index in [1.807, 2.05) is 66.8 Å². The summed E-state index contributed by atoms with van der Waals surface area (Å²) in [6.07, 6.45) is 4.82. The van der Waals surface area contributed by atoms with Gasteiger partial charge in [0.05, 0.1) is 0 Å². The summed E-state index contributed by atoms with van der Waals surface area (Å²) in [5.74, 6) is 1.63. The molecule has 0 spiro atoms. The van der Waals surface area contributed by atoms with E-state index in [-0.39, 0.29) is 57.0 Å². The number of carbonyl (C=O) groups excluding carboxylic acids is 1. The Kier molecular flexibility index (Phi) is 12.2. The molecule has 0 fully saturated rings. The number of aliphatic hydroxyl groups excluding tert-OH is 1. The SMILES string of the molecule is CCC(C)(C)C(=O)/C=C(\O)C(C)(C)CC.Cc1[c-]c(Oc2nccc3c(-c4ccccc4)c[se]c23)cc(C)c1.[Ir]. The molecule has 0 saturated carbocycles. The Morgan fingerprint density at radius 1 is 1.02 bits per heavy atom. The molecule has 2 aromatic heterocycles. The van der Waals surface area contributed by atoms with Gasteiger partial charge >= 0.3 is 147 Å². The summed E-state index contributed by atoms with van der Waals surface area (Å²) in [5, 5.41) is 11.1. The summed E-state index contributed by atoms with van der Waals surface area (Å²) in [5.41, 5.74) is 4.08.